The Morgan fingerprint density at radius 2 is 2.00 bits per heavy atom. The maximum Gasteiger partial charge on any atom is 0.245 e. The summed E-state index contributed by atoms with van der Waals surface area (Å²) in [6, 6.07) is 0.232. The van der Waals surface area contributed by atoms with Crippen LogP contribution in [0.4, 0.5) is 0 Å². The van der Waals surface area contributed by atoms with Crippen LogP contribution in [0, 0.1) is 0 Å². The third-order valence-electron chi connectivity index (χ3n) is 2.54. The Balaban J connectivity index is 2.79. The highest BCUT2D eigenvalue weighted by atomic mass is 35.5. The molecule has 1 unspecified atom stereocenters. The number of ether oxygens (including phenoxy) is 1. The lowest BCUT2D eigenvalue weighted by atomic mass is 10.3. The van der Waals surface area contributed by atoms with Gasteiger partial charge in [0.05, 0.1) is 12.5 Å². The minimum atomic E-state index is -0.184. The summed E-state index contributed by atoms with van der Waals surface area (Å²) in [4.78, 5) is 12.8. The summed E-state index contributed by atoms with van der Waals surface area (Å²) in [5.41, 5.74) is 1.42. The van der Waals surface area contributed by atoms with E-state index in [0.29, 0.717) is 11.4 Å². The van der Waals surface area contributed by atoms with E-state index in [4.69, 9.17) is 16.3 Å². The monoisotopic (exact) mass is 254 g/mol. The van der Waals surface area contributed by atoms with Gasteiger partial charge < -0.3 is 9.30 Å². The van der Waals surface area contributed by atoms with Crippen molar-refractivity contribution in [1.82, 2.24) is 19.5 Å². The number of imidazole rings is 1. The molecule has 2 heterocycles. The Morgan fingerprint density at radius 1 is 1.29 bits per heavy atom. The average Bonchev–Trinajstić information content (AvgIpc) is 2.67. The molecule has 0 aliphatic heterocycles. The average molecular weight is 255 g/mol. The second-order valence-electron chi connectivity index (χ2n) is 4.10. The van der Waals surface area contributed by atoms with Gasteiger partial charge in [0.1, 0.15) is 12.2 Å². The van der Waals surface area contributed by atoms with Gasteiger partial charge in [0.25, 0.3) is 0 Å². The van der Waals surface area contributed by atoms with Gasteiger partial charge in [-0.1, -0.05) is 0 Å². The van der Waals surface area contributed by atoms with Crippen molar-refractivity contribution < 1.29 is 4.74 Å². The molecule has 0 amide bonds. The van der Waals surface area contributed by atoms with Gasteiger partial charge in [-0.3, -0.25) is 0 Å². The van der Waals surface area contributed by atoms with Crippen molar-refractivity contribution in [1.29, 1.82) is 0 Å². The number of hydrogen-bond acceptors (Lipinski definition) is 4. The first-order valence-corrected chi connectivity index (χ1v) is 5.90. The van der Waals surface area contributed by atoms with Crippen LogP contribution in [0.25, 0.3) is 11.2 Å². The molecule has 6 heteroatoms. The number of alkyl halides is 1. The summed E-state index contributed by atoms with van der Waals surface area (Å²) < 4.78 is 7.20. The van der Waals surface area contributed by atoms with Crippen molar-refractivity contribution in [3.8, 4) is 5.88 Å². The van der Waals surface area contributed by atoms with E-state index in [1.54, 1.807) is 7.11 Å². The smallest absolute Gasteiger partial charge is 0.245 e. The largest absolute Gasteiger partial charge is 0.479 e. The Morgan fingerprint density at radius 3 is 2.53 bits per heavy atom. The molecule has 0 saturated heterocycles. The zero-order valence-electron chi connectivity index (χ0n) is 10.3. The van der Waals surface area contributed by atoms with Gasteiger partial charge in [0.15, 0.2) is 11.2 Å². The number of fused-ring (bicyclic) bond motifs is 1. The van der Waals surface area contributed by atoms with Gasteiger partial charge in [-0.15, -0.1) is 11.6 Å². The lowest BCUT2D eigenvalue weighted by Crippen LogP contribution is -2.07. The van der Waals surface area contributed by atoms with E-state index in [-0.39, 0.29) is 11.4 Å². The lowest BCUT2D eigenvalue weighted by Gasteiger charge is -2.13. The summed E-state index contributed by atoms with van der Waals surface area (Å²) in [6.45, 7) is 6.03. The molecule has 1 atom stereocenters. The summed E-state index contributed by atoms with van der Waals surface area (Å²) in [7, 11) is 1.57. The third kappa shape index (κ3) is 1.95. The van der Waals surface area contributed by atoms with Crippen LogP contribution in [-0.4, -0.2) is 26.6 Å². The van der Waals surface area contributed by atoms with Crippen molar-refractivity contribution in [3.63, 3.8) is 0 Å². The second kappa shape index (κ2) is 4.49. The number of aromatic nitrogens is 4. The van der Waals surface area contributed by atoms with Crippen LogP contribution in [0.5, 0.6) is 5.88 Å². The topological polar surface area (TPSA) is 52.8 Å². The zero-order chi connectivity index (χ0) is 12.6. The van der Waals surface area contributed by atoms with E-state index in [1.165, 1.54) is 6.33 Å². The Kier molecular flexibility index (Phi) is 3.19. The molecule has 0 aliphatic carbocycles. The van der Waals surface area contributed by atoms with Crippen LogP contribution in [0.2, 0.25) is 0 Å². The van der Waals surface area contributed by atoms with E-state index in [0.717, 1.165) is 11.5 Å². The second-order valence-corrected chi connectivity index (χ2v) is 4.76. The Labute approximate surface area is 105 Å². The maximum absolute atomic E-state index is 6.15. The Bertz CT molecular complexity index is 535. The molecule has 0 saturated carbocycles. The highest BCUT2D eigenvalue weighted by molar-refractivity contribution is 6.20. The molecule has 0 fully saturated rings. The van der Waals surface area contributed by atoms with Crippen LogP contribution in [0.3, 0.4) is 0 Å². The minimum Gasteiger partial charge on any atom is -0.479 e. The normalized spacial score (nSPS) is 13.3. The van der Waals surface area contributed by atoms with E-state index in [2.05, 4.69) is 28.8 Å². The van der Waals surface area contributed by atoms with Crippen LogP contribution >= 0.6 is 11.6 Å². The first-order valence-electron chi connectivity index (χ1n) is 5.47. The van der Waals surface area contributed by atoms with Gasteiger partial charge in [0.2, 0.25) is 5.88 Å². The number of nitrogens with zero attached hydrogens (tertiary/aromatic N) is 4. The molecule has 0 spiro atoms. The maximum atomic E-state index is 6.15. The van der Waals surface area contributed by atoms with Crippen molar-refractivity contribution >= 4 is 22.8 Å². The quantitative estimate of drug-likeness (QED) is 0.791. The van der Waals surface area contributed by atoms with E-state index < -0.39 is 0 Å². The molecule has 17 heavy (non-hydrogen) atoms. The molecule has 0 N–H and O–H groups in total. The van der Waals surface area contributed by atoms with E-state index in [9.17, 15) is 0 Å². The summed E-state index contributed by atoms with van der Waals surface area (Å²) in [5, 5.41) is -0.184. The highest BCUT2D eigenvalue weighted by Gasteiger charge is 2.20. The molecular formula is C11H15ClN4O. The van der Waals surface area contributed by atoms with E-state index in [1.807, 2.05) is 11.5 Å². The minimum absolute atomic E-state index is 0.184. The van der Waals surface area contributed by atoms with Crippen molar-refractivity contribution in [3.05, 3.63) is 12.2 Å². The summed E-state index contributed by atoms with van der Waals surface area (Å²) in [5.74, 6) is 1.27. The van der Waals surface area contributed by atoms with Crippen molar-refractivity contribution in [2.75, 3.05) is 7.11 Å². The molecule has 0 radical (unpaired) electrons. The molecule has 0 aliphatic rings. The number of rotatable bonds is 3. The summed E-state index contributed by atoms with van der Waals surface area (Å²) >= 11 is 6.15. The molecule has 0 bridgehead atoms. The molecule has 0 aromatic carbocycles. The fourth-order valence-corrected chi connectivity index (χ4v) is 2.00. The predicted molar refractivity (Wildman–Crippen MR) is 66.5 cm³/mol. The lowest BCUT2D eigenvalue weighted by molar-refractivity contribution is 0.401. The van der Waals surface area contributed by atoms with Crippen LogP contribution in [0.1, 0.15) is 38.0 Å². The fraction of sp³-hybridized carbons (Fsp3) is 0.545. The van der Waals surface area contributed by atoms with E-state index >= 15 is 0 Å². The number of hydrogen-bond donors (Lipinski definition) is 0. The molecule has 92 valence electrons. The molecule has 2 aromatic heterocycles. The van der Waals surface area contributed by atoms with Gasteiger partial charge >= 0.3 is 0 Å². The molecule has 2 rings (SSSR count). The van der Waals surface area contributed by atoms with Gasteiger partial charge in [-0.2, -0.15) is 4.98 Å². The van der Waals surface area contributed by atoms with Gasteiger partial charge in [-0.05, 0) is 20.8 Å². The molecule has 5 nitrogen and oxygen atoms in total. The first-order chi connectivity index (χ1) is 8.06. The predicted octanol–water partition coefficient (Wildman–Crippen LogP) is 2.72. The highest BCUT2D eigenvalue weighted by Crippen LogP contribution is 2.29. The van der Waals surface area contributed by atoms with Gasteiger partial charge in [0, 0.05) is 6.04 Å². The zero-order valence-corrected chi connectivity index (χ0v) is 11.1. The first kappa shape index (κ1) is 12.1. The fourth-order valence-electron chi connectivity index (χ4n) is 1.84. The molecular weight excluding hydrogens is 240 g/mol. The SMILES string of the molecule is COc1ncnc2c1nc(C(C)Cl)n2C(C)C. The van der Waals surface area contributed by atoms with Gasteiger partial charge in [-0.25, -0.2) is 9.97 Å². The number of halogens is 1. The Hall–Kier alpha value is -1.36. The summed E-state index contributed by atoms with van der Waals surface area (Å²) in [6.07, 6.45) is 1.48. The van der Waals surface area contributed by atoms with Crippen LogP contribution in [-0.2, 0) is 0 Å². The third-order valence-corrected chi connectivity index (χ3v) is 2.73. The van der Waals surface area contributed by atoms with Crippen LogP contribution in [0.15, 0.2) is 6.33 Å². The molecule has 2 aromatic rings. The number of methoxy groups -OCH3 is 1. The van der Waals surface area contributed by atoms with Crippen molar-refractivity contribution in [2.45, 2.75) is 32.2 Å². The standard InChI is InChI=1S/C11H15ClN4O/c1-6(2)16-9(7(3)12)15-8-10(16)13-5-14-11(8)17-4/h5-7H,1-4H3. The van der Waals surface area contributed by atoms with Crippen LogP contribution < -0.4 is 4.74 Å². The van der Waals surface area contributed by atoms with Crippen molar-refractivity contribution in [2.24, 2.45) is 0 Å².